The summed E-state index contributed by atoms with van der Waals surface area (Å²) in [6.45, 7) is 14.3. The van der Waals surface area contributed by atoms with E-state index in [1.165, 1.54) is 6.42 Å². The van der Waals surface area contributed by atoms with Crippen molar-refractivity contribution in [3.63, 3.8) is 0 Å². The second-order valence-corrected chi connectivity index (χ2v) is 5.40. The molecule has 66 valence electrons. The van der Waals surface area contributed by atoms with Gasteiger partial charge < -0.3 is 0 Å². The zero-order valence-electron chi connectivity index (χ0n) is 8.86. The molecule has 0 saturated heterocycles. The lowest BCUT2D eigenvalue weighted by molar-refractivity contribution is 0.119. The van der Waals surface area contributed by atoms with E-state index in [9.17, 15) is 0 Å². The molecule has 0 aromatic carbocycles. The number of hydrogen-bond acceptors (Lipinski definition) is 0. The first-order valence-corrected chi connectivity index (χ1v) is 4.82. The van der Waals surface area contributed by atoms with Crippen LogP contribution < -0.4 is 0 Å². The minimum Gasteiger partial charge on any atom is -0.0622 e. The Morgan fingerprint density at radius 3 is 1.82 bits per heavy atom. The van der Waals surface area contributed by atoms with Gasteiger partial charge in [0.1, 0.15) is 0 Å². The summed E-state index contributed by atoms with van der Waals surface area (Å²) >= 11 is 0. The first kappa shape index (κ1) is 9.09. The number of hydrogen-bond donors (Lipinski definition) is 0. The molecule has 0 bridgehead atoms. The van der Waals surface area contributed by atoms with E-state index in [0.29, 0.717) is 10.8 Å². The molecule has 2 atom stereocenters. The molecule has 0 heteroatoms. The fourth-order valence-electron chi connectivity index (χ4n) is 2.13. The van der Waals surface area contributed by atoms with Gasteiger partial charge in [-0.05, 0) is 29.1 Å². The average molecular weight is 154 g/mol. The predicted molar refractivity (Wildman–Crippen MR) is 50.5 cm³/mol. The Hall–Kier alpha value is 0. The van der Waals surface area contributed by atoms with E-state index in [1.807, 2.05) is 0 Å². The van der Waals surface area contributed by atoms with Crippen molar-refractivity contribution in [2.24, 2.45) is 22.7 Å². The lowest BCUT2D eigenvalue weighted by Crippen LogP contribution is -2.30. The summed E-state index contributed by atoms with van der Waals surface area (Å²) in [6.07, 6.45) is 1.43. The summed E-state index contributed by atoms with van der Waals surface area (Å²) in [7, 11) is 0. The van der Waals surface area contributed by atoms with Crippen LogP contribution in [0.25, 0.3) is 0 Å². The Kier molecular flexibility index (Phi) is 1.85. The average Bonchev–Trinajstić information content (AvgIpc) is 2.42. The van der Waals surface area contributed by atoms with Gasteiger partial charge in [-0.15, -0.1) is 0 Å². The minimum atomic E-state index is 0.520. The summed E-state index contributed by atoms with van der Waals surface area (Å²) in [5.41, 5.74) is 1.15. The van der Waals surface area contributed by atoms with E-state index in [1.54, 1.807) is 0 Å². The van der Waals surface area contributed by atoms with Crippen LogP contribution in [0.1, 0.15) is 48.0 Å². The van der Waals surface area contributed by atoms with Crippen molar-refractivity contribution in [1.29, 1.82) is 0 Å². The van der Waals surface area contributed by atoms with Gasteiger partial charge >= 0.3 is 0 Å². The molecule has 0 N–H and O–H groups in total. The van der Waals surface area contributed by atoms with Crippen LogP contribution in [-0.4, -0.2) is 0 Å². The van der Waals surface area contributed by atoms with Gasteiger partial charge in [-0.3, -0.25) is 0 Å². The van der Waals surface area contributed by atoms with Crippen molar-refractivity contribution >= 4 is 0 Å². The second-order valence-electron chi connectivity index (χ2n) is 5.40. The molecular weight excluding hydrogens is 132 g/mol. The molecule has 1 saturated carbocycles. The molecule has 11 heavy (non-hydrogen) atoms. The van der Waals surface area contributed by atoms with E-state index in [-0.39, 0.29) is 0 Å². The maximum atomic E-state index is 2.44. The molecule has 0 amide bonds. The van der Waals surface area contributed by atoms with Crippen molar-refractivity contribution in [1.82, 2.24) is 0 Å². The largest absolute Gasteiger partial charge is 0.0622 e. The van der Waals surface area contributed by atoms with Crippen molar-refractivity contribution < 1.29 is 0 Å². The lowest BCUT2D eigenvalue weighted by Gasteiger charge is -2.37. The van der Waals surface area contributed by atoms with Crippen LogP contribution in [0, 0.1) is 22.7 Å². The molecule has 1 fully saturated rings. The molecule has 1 rings (SSSR count). The summed E-state index contributed by atoms with van der Waals surface area (Å²) in [5, 5.41) is 0. The van der Waals surface area contributed by atoms with Crippen LogP contribution in [0.3, 0.4) is 0 Å². The monoisotopic (exact) mass is 154 g/mol. The Labute approximate surface area is 71.4 Å². The Morgan fingerprint density at radius 2 is 1.73 bits per heavy atom. The molecule has 0 aromatic heterocycles. The lowest BCUT2D eigenvalue weighted by atomic mass is 9.68. The zero-order chi connectivity index (χ0) is 8.86. The quantitative estimate of drug-likeness (QED) is 0.568. The van der Waals surface area contributed by atoms with E-state index in [4.69, 9.17) is 0 Å². The van der Waals surface area contributed by atoms with E-state index >= 15 is 0 Å². The van der Waals surface area contributed by atoms with E-state index < -0.39 is 0 Å². The van der Waals surface area contributed by atoms with E-state index in [0.717, 1.165) is 11.8 Å². The summed E-state index contributed by atoms with van der Waals surface area (Å²) in [4.78, 5) is 0. The standard InChI is InChI=1S/C11H22/c1-8(2)10(4,5)11(6)7-9(11)3/h8-9H,7H2,1-6H3. The fraction of sp³-hybridized carbons (Fsp3) is 1.00. The van der Waals surface area contributed by atoms with Crippen LogP contribution in [0.4, 0.5) is 0 Å². The molecule has 0 heterocycles. The molecule has 2 unspecified atom stereocenters. The SMILES string of the molecule is CC(C)C(C)(C)C1(C)CC1C. The third-order valence-electron chi connectivity index (χ3n) is 4.57. The van der Waals surface area contributed by atoms with Crippen LogP contribution in [0.2, 0.25) is 0 Å². The van der Waals surface area contributed by atoms with Gasteiger partial charge in [0.05, 0.1) is 0 Å². The van der Waals surface area contributed by atoms with Gasteiger partial charge in [0.15, 0.2) is 0 Å². The molecule has 0 nitrogen and oxygen atoms in total. The molecule has 1 aliphatic carbocycles. The van der Waals surface area contributed by atoms with Gasteiger partial charge in [0.2, 0.25) is 0 Å². The van der Waals surface area contributed by atoms with Gasteiger partial charge in [-0.1, -0.05) is 41.5 Å². The van der Waals surface area contributed by atoms with Crippen molar-refractivity contribution in [3.8, 4) is 0 Å². The Morgan fingerprint density at radius 1 is 1.36 bits per heavy atom. The zero-order valence-corrected chi connectivity index (χ0v) is 8.86. The highest BCUT2D eigenvalue weighted by molar-refractivity contribution is 5.06. The summed E-state index contributed by atoms with van der Waals surface area (Å²) < 4.78 is 0. The van der Waals surface area contributed by atoms with Crippen LogP contribution in [-0.2, 0) is 0 Å². The molecule has 0 aromatic rings. The van der Waals surface area contributed by atoms with E-state index in [2.05, 4.69) is 41.5 Å². The molecule has 1 aliphatic rings. The second kappa shape index (κ2) is 2.24. The topological polar surface area (TPSA) is 0 Å². The third-order valence-corrected chi connectivity index (χ3v) is 4.57. The summed E-state index contributed by atoms with van der Waals surface area (Å²) in [5.74, 6) is 1.75. The van der Waals surface area contributed by atoms with Gasteiger partial charge in [0, 0.05) is 0 Å². The van der Waals surface area contributed by atoms with Crippen LogP contribution in [0.5, 0.6) is 0 Å². The normalized spacial score (nSPS) is 37.9. The van der Waals surface area contributed by atoms with Crippen LogP contribution >= 0.6 is 0 Å². The Balaban J connectivity index is 2.74. The van der Waals surface area contributed by atoms with Crippen molar-refractivity contribution in [3.05, 3.63) is 0 Å². The highest BCUT2D eigenvalue weighted by Gasteiger charge is 2.57. The fourth-order valence-corrected chi connectivity index (χ4v) is 2.13. The molecule has 0 aliphatic heterocycles. The smallest absolute Gasteiger partial charge is 0.0244 e. The predicted octanol–water partition coefficient (Wildman–Crippen LogP) is 3.71. The molecule has 0 radical (unpaired) electrons. The first-order chi connectivity index (χ1) is 4.82. The van der Waals surface area contributed by atoms with Crippen molar-refractivity contribution in [2.75, 3.05) is 0 Å². The highest BCUT2D eigenvalue weighted by Crippen LogP contribution is 2.65. The molecular formula is C11H22. The van der Waals surface area contributed by atoms with Crippen LogP contribution in [0.15, 0.2) is 0 Å². The van der Waals surface area contributed by atoms with Gasteiger partial charge in [-0.25, -0.2) is 0 Å². The highest BCUT2D eigenvalue weighted by atomic mass is 14.6. The van der Waals surface area contributed by atoms with Gasteiger partial charge in [-0.2, -0.15) is 0 Å². The Bertz CT molecular complexity index is 155. The maximum absolute atomic E-state index is 2.44. The third kappa shape index (κ3) is 1.11. The first-order valence-electron chi connectivity index (χ1n) is 4.82. The minimum absolute atomic E-state index is 0.520. The number of rotatable bonds is 2. The van der Waals surface area contributed by atoms with Gasteiger partial charge in [0.25, 0.3) is 0 Å². The molecule has 0 spiro atoms. The maximum Gasteiger partial charge on any atom is -0.0244 e. The van der Waals surface area contributed by atoms with Crippen molar-refractivity contribution in [2.45, 2.75) is 48.0 Å². The summed E-state index contributed by atoms with van der Waals surface area (Å²) in [6, 6.07) is 0.